The Morgan fingerprint density at radius 1 is 1.12 bits per heavy atom. The van der Waals surface area contributed by atoms with Crippen molar-refractivity contribution in [2.45, 2.75) is 64.6 Å². The lowest BCUT2D eigenvalue weighted by Crippen LogP contribution is -2.36. The molecule has 1 aromatic rings. The van der Waals surface area contributed by atoms with Gasteiger partial charge in [0.2, 0.25) is 5.91 Å². The van der Waals surface area contributed by atoms with Crippen LogP contribution in [0.2, 0.25) is 0 Å². The number of piperidine rings is 1. The molecule has 1 saturated carbocycles. The average molecular weight is 344 g/mol. The molecule has 3 atom stereocenters. The van der Waals surface area contributed by atoms with Gasteiger partial charge >= 0.3 is 0 Å². The summed E-state index contributed by atoms with van der Waals surface area (Å²) in [6.45, 7) is 5.83. The van der Waals surface area contributed by atoms with Crippen LogP contribution < -0.4 is 11.1 Å². The van der Waals surface area contributed by atoms with E-state index in [1.807, 2.05) is 0 Å². The topological polar surface area (TPSA) is 58.4 Å². The number of hydrogen-bond donors (Lipinski definition) is 2. The Morgan fingerprint density at radius 2 is 1.88 bits per heavy atom. The zero-order chi connectivity index (χ0) is 17.6. The lowest BCUT2D eigenvalue weighted by molar-refractivity contribution is -0.126. The monoisotopic (exact) mass is 343 g/mol. The summed E-state index contributed by atoms with van der Waals surface area (Å²) in [5, 5.41) is 3.11. The maximum atomic E-state index is 12.4. The minimum Gasteiger partial charge on any atom is -0.352 e. The van der Waals surface area contributed by atoms with Crippen LogP contribution in [-0.2, 0) is 17.9 Å². The lowest BCUT2D eigenvalue weighted by atomic mass is 9.95. The highest BCUT2D eigenvalue weighted by atomic mass is 16.1. The number of rotatable bonds is 6. The van der Waals surface area contributed by atoms with Crippen LogP contribution >= 0.6 is 0 Å². The Hall–Kier alpha value is -1.39. The summed E-state index contributed by atoms with van der Waals surface area (Å²) in [6.07, 6.45) is 7.21. The van der Waals surface area contributed by atoms with E-state index in [0.29, 0.717) is 25.0 Å². The van der Waals surface area contributed by atoms with Crippen LogP contribution in [0.4, 0.5) is 0 Å². The molecule has 138 valence electrons. The maximum Gasteiger partial charge on any atom is 0.223 e. The molecule has 4 nitrogen and oxygen atoms in total. The number of benzene rings is 1. The molecular weight excluding hydrogens is 310 g/mol. The van der Waals surface area contributed by atoms with Crippen LogP contribution in [0.3, 0.4) is 0 Å². The first-order chi connectivity index (χ1) is 12.2. The number of nitrogens with zero attached hydrogens (tertiary/aromatic N) is 1. The van der Waals surface area contributed by atoms with E-state index >= 15 is 0 Å². The predicted octanol–water partition coefficient (Wildman–Crippen LogP) is 3.05. The highest BCUT2D eigenvalue weighted by molar-refractivity contribution is 5.79. The van der Waals surface area contributed by atoms with Gasteiger partial charge in [-0.05, 0) is 62.7 Å². The third-order valence-corrected chi connectivity index (χ3v) is 6.11. The van der Waals surface area contributed by atoms with E-state index in [4.69, 9.17) is 5.73 Å². The second kappa shape index (κ2) is 8.81. The first-order valence-corrected chi connectivity index (χ1v) is 9.97. The third-order valence-electron chi connectivity index (χ3n) is 6.11. The molecule has 0 spiro atoms. The Morgan fingerprint density at radius 3 is 2.60 bits per heavy atom. The van der Waals surface area contributed by atoms with Gasteiger partial charge in [-0.25, -0.2) is 0 Å². The highest BCUT2D eigenvalue weighted by Gasteiger charge is 2.31. The second-order valence-electron chi connectivity index (χ2n) is 7.88. The average Bonchev–Trinajstić information content (AvgIpc) is 3.12. The van der Waals surface area contributed by atoms with Gasteiger partial charge in [0.1, 0.15) is 0 Å². The van der Waals surface area contributed by atoms with E-state index in [-0.39, 0.29) is 11.8 Å². The summed E-state index contributed by atoms with van der Waals surface area (Å²) >= 11 is 0. The van der Waals surface area contributed by atoms with Crippen LogP contribution in [0.15, 0.2) is 24.3 Å². The Kier molecular flexibility index (Phi) is 6.49. The van der Waals surface area contributed by atoms with Gasteiger partial charge < -0.3 is 11.1 Å². The zero-order valence-corrected chi connectivity index (χ0v) is 15.5. The molecule has 1 unspecified atom stereocenters. The fraction of sp³-hybridized carbons (Fsp3) is 0.667. The summed E-state index contributed by atoms with van der Waals surface area (Å²) in [4.78, 5) is 15.0. The van der Waals surface area contributed by atoms with Crippen molar-refractivity contribution in [1.82, 2.24) is 10.2 Å². The molecule has 1 amide bonds. The molecule has 1 saturated heterocycles. The molecule has 2 aliphatic rings. The second-order valence-corrected chi connectivity index (χ2v) is 7.88. The van der Waals surface area contributed by atoms with E-state index in [9.17, 15) is 4.79 Å². The van der Waals surface area contributed by atoms with E-state index in [0.717, 1.165) is 25.8 Å². The molecule has 3 rings (SSSR count). The minimum atomic E-state index is 0.116. The summed E-state index contributed by atoms with van der Waals surface area (Å²) in [6, 6.07) is 9.41. The van der Waals surface area contributed by atoms with Crippen LogP contribution in [0, 0.1) is 11.8 Å². The molecular formula is C21H33N3O. The molecule has 1 aliphatic carbocycles. The van der Waals surface area contributed by atoms with Gasteiger partial charge in [-0.1, -0.05) is 37.1 Å². The third kappa shape index (κ3) is 4.83. The number of nitrogens with two attached hydrogens (primary N) is 1. The van der Waals surface area contributed by atoms with Crippen molar-refractivity contribution < 1.29 is 4.79 Å². The number of amides is 1. The standard InChI is InChI=1S/C21H33N3O/c1-16-5-2-3-12-24(16)15-18-10-8-17(9-11-18)14-23-21(25)20-7-4-6-19(20)13-22/h8-11,16,19-20H,2-7,12-15,22H2,1H3,(H,23,25)/t16?,19-,20-/m1/s1. The van der Waals surface area contributed by atoms with Gasteiger partial charge in [0.25, 0.3) is 0 Å². The van der Waals surface area contributed by atoms with Gasteiger partial charge in [-0.3, -0.25) is 9.69 Å². The van der Waals surface area contributed by atoms with Gasteiger partial charge in [0.15, 0.2) is 0 Å². The Balaban J connectivity index is 1.48. The molecule has 0 radical (unpaired) electrons. The van der Waals surface area contributed by atoms with Crippen molar-refractivity contribution in [1.29, 1.82) is 0 Å². The van der Waals surface area contributed by atoms with Crippen molar-refractivity contribution in [3.63, 3.8) is 0 Å². The van der Waals surface area contributed by atoms with Crippen molar-refractivity contribution in [2.24, 2.45) is 17.6 Å². The number of nitrogens with one attached hydrogen (secondary N) is 1. The van der Waals surface area contributed by atoms with Crippen LogP contribution in [-0.4, -0.2) is 29.9 Å². The van der Waals surface area contributed by atoms with E-state index < -0.39 is 0 Å². The first kappa shape index (κ1) is 18.4. The molecule has 0 bridgehead atoms. The van der Waals surface area contributed by atoms with Crippen LogP contribution in [0.25, 0.3) is 0 Å². The molecule has 25 heavy (non-hydrogen) atoms. The van der Waals surface area contributed by atoms with Crippen LogP contribution in [0.5, 0.6) is 0 Å². The van der Waals surface area contributed by atoms with E-state index in [2.05, 4.69) is 41.4 Å². The normalized spacial score (nSPS) is 27.4. The smallest absolute Gasteiger partial charge is 0.223 e. The van der Waals surface area contributed by atoms with Crippen molar-refractivity contribution in [2.75, 3.05) is 13.1 Å². The van der Waals surface area contributed by atoms with Gasteiger partial charge in [-0.15, -0.1) is 0 Å². The van der Waals surface area contributed by atoms with Gasteiger partial charge in [-0.2, -0.15) is 0 Å². The molecule has 1 aromatic carbocycles. The highest BCUT2D eigenvalue weighted by Crippen LogP contribution is 2.31. The summed E-state index contributed by atoms with van der Waals surface area (Å²) < 4.78 is 0. The molecule has 4 heteroatoms. The Bertz CT molecular complexity index is 557. The maximum absolute atomic E-state index is 12.4. The lowest BCUT2D eigenvalue weighted by Gasteiger charge is -2.33. The van der Waals surface area contributed by atoms with Crippen molar-refractivity contribution in [3.05, 3.63) is 35.4 Å². The summed E-state index contributed by atoms with van der Waals surface area (Å²) in [5.74, 6) is 0.665. The minimum absolute atomic E-state index is 0.116. The number of carbonyl (C=O) groups is 1. The molecule has 2 fully saturated rings. The molecule has 1 aliphatic heterocycles. The van der Waals surface area contributed by atoms with E-state index in [1.54, 1.807) is 0 Å². The fourth-order valence-electron chi connectivity index (χ4n) is 4.37. The summed E-state index contributed by atoms with van der Waals surface area (Å²) in [7, 11) is 0. The number of hydrogen-bond acceptors (Lipinski definition) is 3. The largest absolute Gasteiger partial charge is 0.352 e. The molecule has 0 aromatic heterocycles. The number of carbonyl (C=O) groups excluding carboxylic acids is 1. The van der Waals surface area contributed by atoms with Crippen LogP contribution in [0.1, 0.15) is 56.6 Å². The van der Waals surface area contributed by atoms with Gasteiger partial charge in [0, 0.05) is 25.0 Å². The molecule has 1 heterocycles. The number of likely N-dealkylation sites (tertiary alicyclic amines) is 1. The predicted molar refractivity (Wildman–Crippen MR) is 102 cm³/mol. The van der Waals surface area contributed by atoms with Crippen molar-refractivity contribution >= 4 is 5.91 Å². The first-order valence-electron chi connectivity index (χ1n) is 9.97. The zero-order valence-electron chi connectivity index (χ0n) is 15.5. The Labute approximate surface area is 152 Å². The van der Waals surface area contributed by atoms with E-state index in [1.165, 1.54) is 36.9 Å². The van der Waals surface area contributed by atoms with Gasteiger partial charge in [0.05, 0.1) is 0 Å². The molecule has 3 N–H and O–H groups in total. The fourth-order valence-corrected chi connectivity index (χ4v) is 4.37. The SMILES string of the molecule is CC1CCCCN1Cc1ccc(CNC(=O)[C@@H]2CCC[C@@H]2CN)cc1. The quantitative estimate of drug-likeness (QED) is 0.835. The summed E-state index contributed by atoms with van der Waals surface area (Å²) in [5.41, 5.74) is 8.32. The van der Waals surface area contributed by atoms with Crippen molar-refractivity contribution in [3.8, 4) is 0 Å².